The highest BCUT2D eigenvalue weighted by molar-refractivity contribution is 5.29. The molecule has 1 atom stereocenters. The molecule has 0 spiro atoms. The summed E-state index contributed by atoms with van der Waals surface area (Å²) in [6.07, 6.45) is -0.495. The third-order valence-corrected chi connectivity index (χ3v) is 3.69. The van der Waals surface area contributed by atoms with Gasteiger partial charge in [-0.3, -0.25) is 4.90 Å². The second-order valence-corrected chi connectivity index (χ2v) is 5.41. The first-order chi connectivity index (χ1) is 10.1. The van der Waals surface area contributed by atoms with E-state index in [0.717, 1.165) is 17.9 Å². The molecule has 0 heterocycles. The van der Waals surface area contributed by atoms with E-state index in [2.05, 4.69) is 30.0 Å². The van der Waals surface area contributed by atoms with E-state index in [0.29, 0.717) is 6.54 Å². The zero-order valence-electron chi connectivity index (χ0n) is 12.9. The molecule has 0 aliphatic rings. The Bertz CT molecular complexity index is 566. The topological polar surface area (TPSA) is 32.7 Å². The third-order valence-electron chi connectivity index (χ3n) is 3.69. The molecule has 0 amide bonds. The third kappa shape index (κ3) is 4.31. The number of ether oxygens (including phenoxy) is 1. The molecule has 2 aromatic rings. The van der Waals surface area contributed by atoms with Crippen molar-refractivity contribution in [3.63, 3.8) is 0 Å². The number of benzene rings is 2. The predicted octanol–water partition coefficient (Wildman–Crippen LogP) is 3.17. The molecule has 21 heavy (non-hydrogen) atoms. The Morgan fingerprint density at radius 1 is 1.10 bits per heavy atom. The van der Waals surface area contributed by atoms with Crippen LogP contribution in [0.25, 0.3) is 0 Å². The van der Waals surface area contributed by atoms with E-state index < -0.39 is 6.10 Å². The number of hydrogen-bond acceptors (Lipinski definition) is 3. The Hall–Kier alpha value is -1.84. The van der Waals surface area contributed by atoms with Crippen molar-refractivity contribution in [3.05, 3.63) is 65.2 Å². The lowest BCUT2D eigenvalue weighted by Gasteiger charge is -2.21. The van der Waals surface area contributed by atoms with Gasteiger partial charge in [0.15, 0.2) is 0 Å². The van der Waals surface area contributed by atoms with E-state index >= 15 is 0 Å². The molecule has 0 bridgehead atoms. The first-order valence-corrected chi connectivity index (χ1v) is 7.15. The molecular formula is C18H23NO2. The number of aryl methyl sites for hydroxylation is 1. The molecule has 0 aliphatic carbocycles. The summed E-state index contributed by atoms with van der Waals surface area (Å²) < 4.78 is 5.13. The quantitative estimate of drug-likeness (QED) is 0.885. The normalized spacial score (nSPS) is 12.4. The van der Waals surface area contributed by atoms with Crippen LogP contribution in [-0.2, 0) is 6.54 Å². The molecule has 2 rings (SSSR count). The van der Waals surface area contributed by atoms with E-state index in [4.69, 9.17) is 4.74 Å². The summed E-state index contributed by atoms with van der Waals surface area (Å²) in [6.45, 7) is 3.55. The maximum absolute atomic E-state index is 10.3. The monoisotopic (exact) mass is 285 g/mol. The lowest BCUT2D eigenvalue weighted by atomic mass is 10.1. The van der Waals surface area contributed by atoms with Crippen molar-refractivity contribution in [2.24, 2.45) is 0 Å². The second-order valence-electron chi connectivity index (χ2n) is 5.41. The summed E-state index contributed by atoms with van der Waals surface area (Å²) in [5.74, 6) is 0.805. The maximum Gasteiger partial charge on any atom is 0.118 e. The molecule has 0 radical (unpaired) electrons. The van der Waals surface area contributed by atoms with Crippen molar-refractivity contribution in [3.8, 4) is 5.75 Å². The van der Waals surface area contributed by atoms with Gasteiger partial charge in [-0.1, -0.05) is 36.4 Å². The molecule has 1 unspecified atom stereocenters. The molecule has 0 saturated carbocycles. The minimum atomic E-state index is -0.495. The molecule has 0 fully saturated rings. The highest BCUT2D eigenvalue weighted by Gasteiger charge is 2.11. The van der Waals surface area contributed by atoms with Crippen LogP contribution < -0.4 is 4.74 Å². The molecule has 2 aromatic carbocycles. The summed E-state index contributed by atoms with van der Waals surface area (Å²) >= 11 is 0. The summed E-state index contributed by atoms with van der Waals surface area (Å²) in [5, 5.41) is 10.3. The highest BCUT2D eigenvalue weighted by atomic mass is 16.5. The van der Waals surface area contributed by atoms with Crippen molar-refractivity contribution < 1.29 is 9.84 Å². The zero-order chi connectivity index (χ0) is 15.2. The second kappa shape index (κ2) is 7.25. The summed E-state index contributed by atoms with van der Waals surface area (Å²) in [4.78, 5) is 2.14. The Balaban J connectivity index is 1.95. The number of aliphatic hydroxyl groups is 1. The fourth-order valence-corrected chi connectivity index (χ4v) is 2.37. The zero-order valence-corrected chi connectivity index (χ0v) is 12.9. The standard InChI is InChI=1S/C18H23NO2/c1-14-6-4-5-7-16(14)12-19(2)13-18(20)15-8-10-17(21-3)11-9-15/h4-11,18,20H,12-13H2,1-3H3. The average Bonchev–Trinajstić information content (AvgIpc) is 2.49. The molecule has 3 nitrogen and oxygen atoms in total. The number of likely N-dealkylation sites (N-methyl/N-ethyl adjacent to an activating group) is 1. The van der Waals surface area contributed by atoms with Crippen molar-refractivity contribution in [2.75, 3.05) is 20.7 Å². The number of hydrogen-bond donors (Lipinski definition) is 1. The highest BCUT2D eigenvalue weighted by Crippen LogP contribution is 2.19. The SMILES string of the molecule is COc1ccc(C(O)CN(C)Cc2ccccc2C)cc1. The van der Waals surface area contributed by atoms with Crippen molar-refractivity contribution >= 4 is 0 Å². The number of nitrogens with zero attached hydrogens (tertiary/aromatic N) is 1. The summed E-state index contributed by atoms with van der Waals surface area (Å²) in [7, 11) is 3.67. The van der Waals surface area contributed by atoms with Gasteiger partial charge >= 0.3 is 0 Å². The van der Waals surface area contributed by atoms with Crippen LogP contribution >= 0.6 is 0 Å². The van der Waals surface area contributed by atoms with Crippen LogP contribution in [0.2, 0.25) is 0 Å². The molecule has 0 aliphatic heterocycles. The predicted molar refractivity (Wildman–Crippen MR) is 85.5 cm³/mol. The van der Waals surface area contributed by atoms with Crippen LogP contribution in [0.4, 0.5) is 0 Å². The van der Waals surface area contributed by atoms with Crippen molar-refractivity contribution in [1.82, 2.24) is 4.90 Å². The van der Waals surface area contributed by atoms with Gasteiger partial charge in [-0.15, -0.1) is 0 Å². The Kier molecular flexibility index (Phi) is 5.37. The van der Waals surface area contributed by atoms with Crippen LogP contribution in [0.1, 0.15) is 22.8 Å². The number of aliphatic hydroxyl groups excluding tert-OH is 1. The van der Waals surface area contributed by atoms with Gasteiger partial charge in [-0.05, 0) is 42.8 Å². The van der Waals surface area contributed by atoms with Crippen molar-refractivity contribution in [2.45, 2.75) is 19.6 Å². The van der Waals surface area contributed by atoms with E-state index in [1.54, 1.807) is 7.11 Å². The molecule has 0 aromatic heterocycles. The minimum absolute atomic E-state index is 0.495. The Labute approximate surface area is 126 Å². The van der Waals surface area contributed by atoms with Crippen LogP contribution in [0, 0.1) is 6.92 Å². The largest absolute Gasteiger partial charge is 0.497 e. The number of rotatable bonds is 6. The smallest absolute Gasteiger partial charge is 0.118 e. The van der Waals surface area contributed by atoms with Gasteiger partial charge in [0, 0.05) is 13.1 Å². The van der Waals surface area contributed by atoms with Crippen LogP contribution in [0.5, 0.6) is 5.75 Å². The van der Waals surface area contributed by atoms with Crippen molar-refractivity contribution in [1.29, 1.82) is 0 Å². The average molecular weight is 285 g/mol. The fourth-order valence-electron chi connectivity index (χ4n) is 2.37. The van der Waals surface area contributed by atoms with Crippen LogP contribution in [-0.4, -0.2) is 30.7 Å². The first-order valence-electron chi connectivity index (χ1n) is 7.15. The minimum Gasteiger partial charge on any atom is -0.497 e. The van der Waals surface area contributed by atoms with Gasteiger partial charge in [0.2, 0.25) is 0 Å². The van der Waals surface area contributed by atoms with E-state index in [-0.39, 0.29) is 0 Å². The van der Waals surface area contributed by atoms with Gasteiger partial charge in [-0.25, -0.2) is 0 Å². The molecule has 1 N–H and O–H groups in total. The first kappa shape index (κ1) is 15.5. The van der Waals surface area contributed by atoms with Crippen LogP contribution in [0.15, 0.2) is 48.5 Å². The lowest BCUT2D eigenvalue weighted by Crippen LogP contribution is -2.24. The molecule has 112 valence electrons. The summed E-state index contributed by atoms with van der Waals surface area (Å²) in [6, 6.07) is 15.9. The van der Waals surface area contributed by atoms with Gasteiger partial charge in [0.05, 0.1) is 13.2 Å². The number of methoxy groups -OCH3 is 1. The van der Waals surface area contributed by atoms with E-state index in [1.807, 2.05) is 37.4 Å². The maximum atomic E-state index is 10.3. The molecule has 0 saturated heterocycles. The Morgan fingerprint density at radius 2 is 1.76 bits per heavy atom. The Morgan fingerprint density at radius 3 is 2.38 bits per heavy atom. The van der Waals surface area contributed by atoms with E-state index in [1.165, 1.54) is 11.1 Å². The van der Waals surface area contributed by atoms with Gasteiger partial charge in [0.25, 0.3) is 0 Å². The van der Waals surface area contributed by atoms with Gasteiger partial charge in [0.1, 0.15) is 5.75 Å². The summed E-state index contributed by atoms with van der Waals surface area (Å²) in [5.41, 5.74) is 3.48. The van der Waals surface area contributed by atoms with Gasteiger partial charge < -0.3 is 9.84 Å². The van der Waals surface area contributed by atoms with Crippen LogP contribution in [0.3, 0.4) is 0 Å². The van der Waals surface area contributed by atoms with E-state index in [9.17, 15) is 5.11 Å². The molecular weight excluding hydrogens is 262 g/mol. The van der Waals surface area contributed by atoms with Gasteiger partial charge in [-0.2, -0.15) is 0 Å². The fraction of sp³-hybridized carbons (Fsp3) is 0.333. The lowest BCUT2D eigenvalue weighted by molar-refractivity contribution is 0.123. The molecule has 3 heteroatoms.